The Balaban J connectivity index is 2.22. The summed E-state index contributed by atoms with van der Waals surface area (Å²) in [5, 5.41) is 27.9. The van der Waals surface area contributed by atoms with Gasteiger partial charge in [0.25, 0.3) is 0 Å². The van der Waals surface area contributed by atoms with E-state index in [1.807, 2.05) is 0 Å². The second-order valence-corrected chi connectivity index (χ2v) is 4.11. The van der Waals surface area contributed by atoms with Crippen LogP contribution in [0.2, 0.25) is 0 Å². The number of benzene rings is 2. The summed E-state index contributed by atoms with van der Waals surface area (Å²) in [4.78, 5) is 11.8. The number of phenols is 3. The van der Waals surface area contributed by atoms with Crippen molar-refractivity contribution in [1.29, 1.82) is 0 Å². The molecule has 0 aliphatic carbocycles. The van der Waals surface area contributed by atoms with Crippen LogP contribution in [0, 0.1) is 5.82 Å². The van der Waals surface area contributed by atoms with Crippen LogP contribution in [0.25, 0.3) is 6.08 Å². The monoisotopic (exact) mass is 274 g/mol. The van der Waals surface area contributed by atoms with Crippen molar-refractivity contribution in [1.82, 2.24) is 0 Å². The Labute approximate surface area is 114 Å². The van der Waals surface area contributed by atoms with Gasteiger partial charge in [-0.05, 0) is 35.9 Å². The van der Waals surface area contributed by atoms with E-state index in [-0.39, 0.29) is 17.1 Å². The summed E-state index contributed by atoms with van der Waals surface area (Å²) in [5.74, 6) is -2.14. The van der Waals surface area contributed by atoms with Gasteiger partial charge >= 0.3 is 0 Å². The molecule has 0 saturated heterocycles. The van der Waals surface area contributed by atoms with E-state index in [0.717, 1.165) is 12.1 Å². The lowest BCUT2D eigenvalue weighted by molar-refractivity contribution is 0.104. The van der Waals surface area contributed by atoms with Crippen LogP contribution < -0.4 is 0 Å². The molecule has 2 rings (SSSR count). The van der Waals surface area contributed by atoms with E-state index >= 15 is 0 Å². The van der Waals surface area contributed by atoms with Crippen molar-refractivity contribution < 1.29 is 24.5 Å². The number of halogens is 1. The van der Waals surface area contributed by atoms with Crippen molar-refractivity contribution in [3.05, 3.63) is 59.4 Å². The van der Waals surface area contributed by atoms with Gasteiger partial charge in [-0.25, -0.2) is 4.39 Å². The fourth-order valence-corrected chi connectivity index (χ4v) is 1.62. The minimum Gasteiger partial charge on any atom is -0.507 e. The highest BCUT2D eigenvalue weighted by Gasteiger charge is 2.09. The van der Waals surface area contributed by atoms with Crippen molar-refractivity contribution in [3.8, 4) is 17.2 Å². The lowest BCUT2D eigenvalue weighted by Crippen LogP contribution is -1.95. The van der Waals surface area contributed by atoms with Gasteiger partial charge in [-0.1, -0.05) is 12.1 Å². The molecule has 20 heavy (non-hydrogen) atoms. The summed E-state index contributed by atoms with van der Waals surface area (Å²) in [5.41, 5.74) is 0.473. The highest BCUT2D eigenvalue weighted by atomic mass is 19.1. The molecular weight excluding hydrogens is 263 g/mol. The number of hydrogen-bond donors (Lipinski definition) is 3. The zero-order valence-corrected chi connectivity index (χ0v) is 10.2. The number of carbonyl (C=O) groups is 1. The fraction of sp³-hybridized carbons (Fsp3) is 0. The average molecular weight is 274 g/mol. The van der Waals surface area contributed by atoms with E-state index in [2.05, 4.69) is 0 Å². The van der Waals surface area contributed by atoms with Crippen molar-refractivity contribution in [2.24, 2.45) is 0 Å². The van der Waals surface area contributed by atoms with Gasteiger partial charge in [-0.2, -0.15) is 0 Å². The second kappa shape index (κ2) is 5.44. The van der Waals surface area contributed by atoms with Gasteiger partial charge in [0, 0.05) is 6.07 Å². The standard InChI is InChI=1S/C15H11FO4/c16-10-3-4-11(14(19)8-10)12(17)5-1-9-2-6-13(18)15(20)7-9/h1-8,18-20H/b5-1+. The summed E-state index contributed by atoms with van der Waals surface area (Å²) in [6.07, 6.45) is 2.59. The highest BCUT2D eigenvalue weighted by Crippen LogP contribution is 2.25. The zero-order chi connectivity index (χ0) is 14.7. The number of ketones is 1. The summed E-state index contributed by atoms with van der Waals surface area (Å²) < 4.78 is 12.8. The minimum absolute atomic E-state index is 0.0225. The zero-order valence-electron chi connectivity index (χ0n) is 10.2. The van der Waals surface area contributed by atoms with Crippen LogP contribution in [0.15, 0.2) is 42.5 Å². The molecule has 2 aromatic rings. The number of phenolic OH excluding ortho intramolecular Hbond substituents is 3. The molecule has 0 heterocycles. The van der Waals surface area contributed by atoms with Gasteiger partial charge in [0.1, 0.15) is 11.6 Å². The Kier molecular flexibility index (Phi) is 3.70. The first-order valence-corrected chi connectivity index (χ1v) is 5.70. The Bertz CT molecular complexity index is 692. The molecule has 0 aliphatic rings. The maximum atomic E-state index is 12.8. The number of allylic oxidation sites excluding steroid dienone is 1. The third kappa shape index (κ3) is 2.95. The van der Waals surface area contributed by atoms with Crippen molar-refractivity contribution >= 4 is 11.9 Å². The molecule has 3 N–H and O–H groups in total. The largest absolute Gasteiger partial charge is 0.507 e. The number of rotatable bonds is 3. The van der Waals surface area contributed by atoms with Gasteiger partial charge in [0.05, 0.1) is 5.56 Å². The molecule has 5 heteroatoms. The maximum absolute atomic E-state index is 12.8. The van der Waals surface area contributed by atoms with E-state index in [1.165, 1.54) is 36.4 Å². The number of carbonyl (C=O) groups excluding carboxylic acids is 1. The van der Waals surface area contributed by atoms with E-state index in [1.54, 1.807) is 0 Å². The normalized spacial score (nSPS) is 10.8. The van der Waals surface area contributed by atoms with Crippen molar-refractivity contribution in [2.75, 3.05) is 0 Å². The summed E-state index contributed by atoms with van der Waals surface area (Å²) in [7, 11) is 0. The number of aromatic hydroxyl groups is 3. The molecule has 0 radical (unpaired) electrons. The molecule has 0 spiro atoms. The smallest absolute Gasteiger partial charge is 0.189 e. The topological polar surface area (TPSA) is 77.8 Å². The molecule has 0 aliphatic heterocycles. The summed E-state index contributed by atoms with van der Waals surface area (Å²) >= 11 is 0. The Morgan fingerprint density at radius 3 is 2.35 bits per heavy atom. The lowest BCUT2D eigenvalue weighted by Gasteiger charge is -2.01. The lowest BCUT2D eigenvalue weighted by atomic mass is 10.1. The van der Waals surface area contributed by atoms with Crippen LogP contribution in [0.5, 0.6) is 17.2 Å². The molecule has 0 bridgehead atoms. The predicted octanol–water partition coefficient (Wildman–Crippen LogP) is 2.84. The summed E-state index contributed by atoms with van der Waals surface area (Å²) in [6.45, 7) is 0. The van der Waals surface area contributed by atoms with Crippen LogP contribution in [-0.2, 0) is 0 Å². The maximum Gasteiger partial charge on any atom is 0.189 e. The molecule has 0 saturated carbocycles. The molecule has 0 atom stereocenters. The highest BCUT2D eigenvalue weighted by molar-refractivity contribution is 6.08. The third-order valence-electron chi connectivity index (χ3n) is 2.65. The molecule has 0 fully saturated rings. The van der Waals surface area contributed by atoms with E-state index < -0.39 is 17.3 Å². The molecule has 0 unspecified atom stereocenters. The first kappa shape index (κ1) is 13.6. The van der Waals surface area contributed by atoms with Crippen LogP contribution >= 0.6 is 0 Å². The molecule has 2 aromatic carbocycles. The molecular formula is C15H11FO4. The van der Waals surface area contributed by atoms with E-state index in [9.17, 15) is 19.4 Å². The number of hydrogen-bond acceptors (Lipinski definition) is 4. The van der Waals surface area contributed by atoms with Crippen LogP contribution in [0.3, 0.4) is 0 Å². The van der Waals surface area contributed by atoms with Gasteiger partial charge in [-0.15, -0.1) is 0 Å². The van der Waals surface area contributed by atoms with E-state index in [4.69, 9.17) is 5.11 Å². The Morgan fingerprint density at radius 1 is 0.950 bits per heavy atom. The average Bonchev–Trinajstić information content (AvgIpc) is 2.40. The van der Waals surface area contributed by atoms with Crippen molar-refractivity contribution in [2.45, 2.75) is 0 Å². The van der Waals surface area contributed by atoms with Crippen LogP contribution in [0.4, 0.5) is 4.39 Å². The molecule has 4 nitrogen and oxygen atoms in total. The minimum atomic E-state index is -0.633. The van der Waals surface area contributed by atoms with Crippen LogP contribution in [-0.4, -0.2) is 21.1 Å². The second-order valence-electron chi connectivity index (χ2n) is 4.11. The Hall–Kier alpha value is -2.82. The van der Waals surface area contributed by atoms with Crippen LogP contribution in [0.1, 0.15) is 15.9 Å². The summed E-state index contributed by atoms with van der Waals surface area (Å²) in [6, 6.07) is 7.19. The predicted molar refractivity (Wildman–Crippen MR) is 71.2 cm³/mol. The first-order chi connectivity index (χ1) is 9.47. The first-order valence-electron chi connectivity index (χ1n) is 5.70. The quantitative estimate of drug-likeness (QED) is 0.457. The van der Waals surface area contributed by atoms with Gasteiger partial charge in [-0.3, -0.25) is 4.79 Å². The molecule has 102 valence electrons. The fourth-order valence-electron chi connectivity index (χ4n) is 1.62. The van der Waals surface area contributed by atoms with E-state index in [0.29, 0.717) is 5.56 Å². The van der Waals surface area contributed by atoms with Gasteiger partial charge in [0.2, 0.25) is 0 Å². The molecule has 0 amide bonds. The third-order valence-corrected chi connectivity index (χ3v) is 2.65. The Morgan fingerprint density at radius 2 is 1.70 bits per heavy atom. The van der Waals surface area contributed by atoms with Gasteiger partial charge < -0.3 is 15.3 Å². The van der Waals surface area contributed by atoms with Gasteiger partial charge in [0.15, 0.2) is 17.3 Å². The SMILES string of the molecule is O=C(/C=C/c1ccc(O)c(O)c1)c1ccc(F)cc1O. The molecule has 0 aromatic heterocycles. The van der Waals surface area contributed by atoms with Crippen molar-refractivity contribution in [3.63, 3.8) is 0 Å².